The number of rotatable bonds is 5. The number of hydrogen-bond donors (Lipinski definition) is 0. The van der Waals surface area contributed by atoms with Crippen molar-refractivity contribution in [2.45, 2.75) is 29.1 Å². The topological polar surface area (TPSA) is 66.9 Å². The first kappa shape index (κ1) is 18.6. The van der Waals surface area contributed by atoms with E-state index < -0.39 is 11.9 Å². The van der Waals surface area contributed by atoms with Crippen molar-refractivity contribution in [1.82, 2.24) is 4.90 Å². The van der Waals surface area contributed by atoms with Gasteiger partial charge in [-0.05, 0) is 30.7 Å². The molecule has 0 N–H and O–H groups in total. The average Bonchev–Trinajstić information content (AvgIpc) is 3.15. The fourth-order valence-corrected chi connectivity index (χ4v) is 4.53. The Morgan fingerprint density at radius 1 is 1.00 bits per heavy atom. The molecule has 0 radical (unpaired) electrons. The van der Waals surface area contributed by atoms with E-state index in [1.807, 2.05) is 36.4 Å². The van der Waals surface area contributed by atoms with Crippen molar-refractivity contribution in [2.75, 3.05) is 24.6 Å². The second-order valence-electron chi connectivity index (χ2n) is 6.64. The molecule has 0 aromatic heterocycles. The Morgan fingerprint density at radius 3 is 2.25 bits per heavy atom. The molecular weight excluding hydrogens is 376 g/mol. The van der Waals surface area contributed by atoms with Crippen LogP contribution in [0.15, 0.2) is 58.3 Å². The van der Waals surface area contributed by atoms with Crippen LogP contribution in [0.1, 0.15) is 19.3 Å². The lowest BCUT2D eigenvalue weighted by atomic mass is 10.2. The zero-order valence-corrected chi connectivity index (χ0v) is 16.1. The van der Waals surface area contributed by atoms with E-state index in [1.54, 1.807) is 11.8 Å². The van der Waals surface area contributed by atoms with Crippen LogP contribution in [0.2, 0.25) is 0 Å². The molecule has 0 atom stereocenters. The summed E-state index contributed by atoms with van der Waals surface area (Å²) in [6, 6.07) is 16.1. The Bertz CT molecular complexity index is 885. The number of hydrogen-bond acceptors (Lipinski definition) is 6. The largest absolute Gasteiger partial charge is 0.455 e. The summed E-state index contributed by atoms with van der Waals surface area (Å²) in [5.74, 6) is -1.09. The van der Waals surface area contributed by atoms with Crippen LogP contribution in [0.4, 0.5) is 11.4 Å². The highest BCUT2D eigenvalue weighted by molar-refractivity contribution is 7.99. The molecule has 0 unspecified atom stereocenters. The van der Waals surface area contributed by atoms with Crippen molar-refractivity contribution in [3.63, 3.8) is 0 Å². The summed E-state index contributed by atoms with van der Waals surface area (Å²) in [7, 11) is 0. The number of imide groups is 1. The van der Waals surface area contributed by atoms with Crippen molar-refractivity contribution in [3.05, 3.63) is 48.5 Å². The highest BCUT2D eigenvalue weighted by Crippen LogP contribution is 2.47. The molecule has 4 rings (SSSR count). The van der Waals surface area contributed by atoms with E-state index in [2.05, 4.69) is 17.0 Å². The van der Waals surface area contributed by atoms with Crippen LogP contribution in [0.25, 0.3) is 0 Å². The molecule has 0 saturated carbocycles. The monoisotopic (exact) mass is 396 g/mol. The number of anilines is 2. The van der Waals surface area contributed by atoms with Crippen LogP contribution < -0.4 is 4.90 Å². The Labute approximate surface area is 167 Å². The summed E-state index contributed by atoms with van der Waals surface area (Å²) in [6.07, 6.45) is 1.20. The van der Waals surface area contributed by atoms with Crippen LogP contribution in [-0.4, -0.2) is 42.4 Å². The normalized spacial score (nSPS) is 15.2. The fraction of sp³-hybridized carbons (Fsp3) is 0.286. The molecule has 6 nitrogen and oxygen atoms in total. The minimum absolute atomic E-state index is 0.147. The molecule has 1 saturated heterocycles. The van der Waals surface area contributed by atoms with Crippen LogP contribution in [-0.2, 0) is 19.1 Å². The number of ether oxygens (including phenoxy) is 1. The standard InChI is InChI=1S/C21H20N2O4S/c24-19-10-5-12-23(19)20(25)14-27-21(26)11-13-22-15-6-1-3-8-17(15)28-18-9-4-2-7-16(18)22/h1-4,6-9H,5,10-14H2. The van der Waals surface area contributed by atoms with Gasteiger partial charge >= 0.3 is 5.97 Å². The third kappa shape index (κ3) is 3.75. The van der Waals surface area contributed by atoms with Crippen molar-refractivity contribution in [3.8, 4) is 0 Å². The van der Waals surface area contributed by atoms with Crippen molar-refractivity contribution >= 4 is 40.9 Å². The molecule has 28 heavy (non-hydrogen) atoms. The van der Waals surface area contributed by atoms with E-state index in [-0.39, 0.29) is 18.9 Å². The molecule has 0 aliphatic carbocycles. The minimum Gasteiger partial charge on any atom is -0.455 e. The third-order valence-electron chi connectivity index (χ3n) is 4.80. The number of carbonyl (C=O) groups is 3. The van der Waals surface area contributed by atoms with E-state index in [0.29, 0.717) is 25.9 Å². The zero-order chi connectivity index (χ0) is 19.5. The molecule has 1 fully saturated rings. The number of fused-ring (bicyclic) bond motifs is 2. The molecule has 2 aromatic carbocycles. The highest BCUT2D eigenvalue weighted by Gasteiger charge is 2.27. The van der Waals surface area contributed by atoms with Gasteiger partial charge in [-0.1, -0.05) is 36.0 Å². The van der Waals surface area contributed by atoms with Crippen LogP contribution in [0.3, 0.4) is 0 Å². The van der Waals surface area contributed by atoms with Crippen molar-refractivity contribution in [2.24, 2.45) is 0 Å². The van der Waals surface area contributed by atoms with Gasteiger partial charge in [0.05, 0.1) is 17.8 Å². The van der Waals surface area contributed by atoms with Gasteiger partial charge in [0.2, 0.25) is 5.91 Å². The van der Waals surface area contributed by atoms with Crippen molar-refractivity contribution in [1.29, 1.82) is 0 Å². The van der Waals surface area contributed by atoms with E-state index in [9.17, 15) is 14.4 Å². The molecule has 144 valence electrons. The lowest BCUT2D eigenvalue weighted by Crippen LogP contribution is -2.35. The van der Waals surface area contributed by atoms with Gasteiger partial charge in [-0.25, -0.2) is 0 Å². The van der Waals surface area contributed by atoms with E-state index in [1.165, 1.54) is 4.90 Å². The maximum atomic E-state index is 12.2. The van der Waals surface area contributed by atoms with E-state index in [4.69, 9.17) is 4.74 Å². The van der Waals surface area contributed by atoms with E-state index in [0.717, 1.165) is 21.2 Å². The predicted molar refractivity (Wildman–Crippen MR) is 106 cm³/mol. The molecule has 2 aliphatic heterocycles. The quantitative estimate of drug-likeness (QED) is 0.722. The van der Waals surface area contributed by atoms with Gasteiger partial charge in [0, 0.05) is 29.3 Å². The van der Waals surface area contributed by atoms with Crippen LogP contribution in [0, 0.1) is 0 Å². The average molecular weight is 396 g/mol. The zero-order valence-electron chi connectivity index (χ0n) is 15.3. The summed E-state index contributed by atoms with van der Waals surface area (Å²) in [5.41, 5.74) is 2.11. The second-order valence-corrected chi connectivity index (χ2v) is 7.73. The SMILES string of the molecule is O=C(CCN1c2ccccc2Sc2ccccc21)OCC(=O)N1CCCC1=O. The highest BCUT2D eigenvalue weighted by atomic mass is 32.2. The van der Waals surface area contributed by atoms with Gasteiger partial charge in [-0.3, -0.25) is 19.3 Å². The van der Waals surface area contributed by atoms with Gasteiger partial charge in [0.25, 0.3) is 5.91 Å². The smallest absolute Gasteiger partial charge is 0.308 e. The van der Waals surface area contributed by atoms with Gasteiger partial charge in [-0.2, -0.15) is 0 Å². The Kier molecular flexibility index (Phi) is 5.34. The molecule has 2 heterocycles. The maximum Gasteiger partial charge on any atom is 0.308 e. The fourth-order valence-electron chi connectivity index (χ4n) is 3.43. The number of benzene rings is 2. The Hall–Kier alpha value is -2.80. The van der Waals surface area contributed by atoms with Crippen molar-refractivity contribution < 1.29 is 19.1 Å². The summed E-state index contributed by atoms with van der Waals surface area (Å²) in [6.45, 7) is 0.478. The molecule has 0 spiro atoms. The predicted octanol–water partition coefficient (Wildman–Crippen LogP) is 3.37. The lowest BCUT2D eigenvalue weighted by Gasteiger charge is -2.32. The number of esters is 1. The molecule has 2 amide bonds. The number of para-hydroxylation sites is 2. The summed E-state index contributed by atoms with van der Waals surface area (Å²) in [4.78, 5) is 41.3. The van der Waals surface area contributed by atoms with E-state index >= 15 is 0 Å². The molecule has 7 heteroatoms. The molecule has 2 aliphatic rings. The number of nitrogens with zero attached hydrogens (tertiary/aromatic N) is 2. The molecular formula is C21H20N2O4S. The summed E-state index contributed by atoms with van der Waals surface area (Å²) in [5, 5.41) is 0. The van der Waals surface area contributed by atoms with Gasteiger partial charge in [0.15, 0.2) is 6.61 Å². The van der Waals surface area contributed by atoms with Crippen LogP contribution >= 0.6 is 11.8 Å². The van der Waals surface area contributed by atoms with Gasteiger partial charge in [0.1, 0.15) is 0 Å². The minimum atomic E-state index is -0.451. The molecule has 2 aromatic rings. The van der Waals surface area contributed by atoms with Crippen LogP contribution in [0.5, 0.6) is 0 Å². The first-order valence-electron chi connectivity index (χ1n) is 9.26. The number of likely N-dealkylation sites (tertiary alicyclic amines) is 1. The molecule has 0 bridgehead atoms. The number of carbonyl (C=O) groups excluding carboxylic acids is 3. The first-order chi connectivity index (χ1) is 13.6. The summed E-state index contributed by atoms with van der Waals surface area (Å²) < 4.78 is 5.12. The second kappa shape index (κ2) is 8.06. The number of amides is 2. The maximum absolute atomic E-state index is 12.2. The van der Waals surface area contributed by atoms with Gasteiger partial charge < -0.3 is 9.64 Å². The summed E-state index contributed by atoms with van der Waals surface area (Å²) >= 11 is 1.71. The Morgan fingerprint density at radius 2 is 1.64 bits per heavy atom. The lowest BCUT2D eigenvalue weighted by molar-refractivity contribution is -0.154. The third-order valence-corrected chi connectivity index (χ3v) is 5.93. The first-order valence-corrected chi connectivity index (χ1v) is 10.1. The van der Waals surface area contributed by atoms with Gasteiger partial charge in [-0.15, -0.1) is 0 Å². The Balaban J connectivity index is 1.39.